The van der Waals surface area contributed by atoms with Crippen LogP contribution < -0.4 is 0 Å². The fraction of sp³-hybridized carbons (Fsp3) is 0.368. The number of rotatable bonds is 5. The van der Waals surface area contributed by atoms with E-state index in [0.717, 1.165) is 19.3 Å². The zero-order valence-electron chi connectivity index (χ0n) is 14.9. The topological polar surface area (TPSA) is 103 Å². The zero-order chi connectivity index (χ0) is 19.4. The van der Waals surface area contributed by atoms with Crippen molar-refractivity contribution in [1.82, 2.24) is 4.90 Å². The fourth-order valence-electron chi connectivity index (χ4n) is 2.99. The third-order valence-corrected chi connectivity index (χ3v) is 4.47. The number of carbonyl (C=O) groups is 2. The molecule has 2 aromatic rings. The summed E-state index contributed by atoms with van der Waals surface area (Å²) in [5, 5.41) is 10.7. The minimum atomic E-state index is -0.886. The predicted octanol–water partition coefficient (Wildman–Crippen LogP) is 3.41. The van der Waals surface area contributed by atoms with Gasteiger partial charge in [0.15, 0.2) is 6.10 Å². The van der Waals surface area contributed by atoms with Gasteiger partial charge in [0.25, 0.3) is 11.6 Å². The monoisotopic (exact) mass is 372 g/mol. The number of piperidine rings is 1. The Morgan fingerprint density at radius 2 is 1.78 bits per heavy atom. The number of non-ortho nitro benzene ring substituents is 1. The van der Waals surface area contributed by atoms with Gasteiger partial charge in [-0.1, -0.05) is 0 Å². The number of nitro benzene ring substituents is 1. The van der Waals surface area contributed by atoms with Gasteiger partial charge in [-0.05, 0) is 50.5 Å². The van der Waals surface area contributed by atoms with Gasteiger partial charge in [-0.25, -0.2) is 4.79 Å². The van der Waals surface area contributed by atoms with Crippen LogP contribution in [0.4, 0.5) is 5.69 Å². The van der Waals surface area contributed by atoms with Crippen molar-refractivity contribution in [2.24, 2.45) is 0 Å². The molecule has 0 radical (unpaired) electrons. The maximum Gasteiger partial charge on any atom is 0.375 e. The molecule has 1 fully saturated rings. The number of likely N-dealkylation sites (tertiary alicyclic amines) is 1. The number of nitrogens with zero attached hydrogens (tertiary/aromatic N) is 2. The minimum Gasteiger partial charge on any atom is -0.449 e. The van der Waals surface area contributed by atoms with E-state index in [-0.39, 0.29) is 17.4 Å². The molecule has 27 heavy (non-hydrogen) atoms. The molecule has 1 atom stereocenters. The molecular formula is C19H20N2O6. The van der Waals surface area contributed by atoms with Crippen molar-refractivity contribution in [2.75, 3.05) is 13.1 Å². The van der Waals surface area contributed by atoms with Crippen LogP contribution in [0.3, 0.4) is 0 Å². The second kappa shape index (κ2) is 8.03. The van der Waals surface area contributed by atoms with E-state index in [4.69, 9.17) is 9.15 Å². The summed E-state index contributed by atoms with van der Waals surface area (Å²) in [5.41, 5.74) is 0.562. The highest BCUT2D eigenvalue weighted by Crippen LogP contribution is 2.25. The first-order valence-electron chi connectivity index (χ1n) is 8.80. The number of nitro groups is 1. The van der Waals surface area contributed by atoms with Crippen molar-refractivity contribution in [1.29, 1.82) is 0 Å². The van der Waals surface area contributed by atoms with E-state index in [1.807, 2.05) is 0 Å². The van der Waals surface area contributed by atoms with Crippen LogP contribution in [0.25, 0.3) is 11.3 Å². The third-order valence-electron chi connectivity index (χ3n) is 4.47. The Morgan fingerprint density at radius 1 is 1.11 bits per heavy atom. The molecule has 0 unspecified atom stereocenters. The largest absolute Gasteiger partial charge is 0.449 e. The maximum atomic E-state index is 12.3. The van der Waals surface area contributed by atoms with E-state index in [2.05, 4.69) is 0 Å². The van der Waals surface area contributed by atoms with Gasteiger partial charge in [-0.15, -0.1) is 0 Å². The Morgan fingerprint density at radius 3 is 2.41 bits per heavy atom. The quantitative estimate of drug-likeness (QED) is 0.453. The van der Waals surface area contributed by atoms with Crippen LogP contribution in [0.1, 0.15) is 36.7 Å². The Hall–Kier alpha value is -3.16. The van der Waals surface area contributed by atoms with Crippen LogP contribution in [0.15, 0.2) is 40.8 Å². The minimum absolute atomic E-state index is 0.0263. The molecule has 0 saturated carbocycles. The molecule has 1 amide bonds. The molecule has 1 aromatic carbocycles. The van der Waals surface area contributed by atoms with Crippen LogP contribution in [-0.4, -0.2) is 40.9 Å². The molecule has 0 spiro atoms. The van der Waals surface area contributed by atoms with Gasteiger partial charge in [0.1, 0.15) is 5.76 Å². The molecule has 142 valence electrons. The van der Waals surface area contributed by atoms with Crippen molar-refractivity contribution in [3.63, 3.8) is 0 Å². The Labute approximate surface area is 155 Å². The molecule has 8 heteroatoms. The molecule has 1 saturated heterocycles. The first kappa shape index (κ1) is 18.6. The van der Waals surface area contributed by atoms with Gasteiger partial charge in [-0.3, -0.25) is 14.9 Å². The molecule has 3 rings (SSSR count). The van der Waals surface area contributed by atoms with Gasteiger partial charge in [0, 0.05) is 30.8 Å². The molecule has 1 aliphatic heterocycles. The second-order valence-corrected chi connectivity index (χ2v) is 6.40. The molecule has 2 heterocycles. The van der Waals surface area contributed by atoms with E-state index in [1.54, 1.807) is 17.9 Å². The highest BCUT2D eigenvalue weighted by atomic mass is 16.6. The molecule has 1 aromatic heterocycles. The summed E-state index contributed by atoms with van der Waals surface area (Å²) < 4.78 is 10.7. The lowest BCUT2D eigenvalue weighted by molar-refractivity contribution is -0.384. The number of furan rings is 1. The second-order valence-electron chi connectivity index (χ2n) is 6.40. The van der Waals surface area contributed by atoms with Gasteiger partial charge in [-0.2, -0.15) is 0 Å². The number of carbonyl (C=O) groups excluding carboxylic acids is 2. The van der Waals surface area contributed by atoms with E-state index < -0.39 is 17.0 Å². The van der Waals surface area contributed by atoms with Crippen LogP contribution in [0.5, 0.6) is 0 Å². The summed E-state index contributed by atoms with van der Waals surface area (Å²) in [6.07, 6.45) is 2.14. The first-order valence-corrected chi connectivity index (χ1v) is 8.80. The van der Waals surface area contributed by atoms with Gasteiger partial charge in [0.2, 0.25) is 5.76 Å². The molecule has 8 nitrogen and oxygen atoms in total. The molecule has 0 N–H and O–H groups in total. The lowest BCUT2D eigenvalue weighted by atomic mass is 10.1. The molecule has 0 bridgehead atoms. The summed E-state index contributed by atoms with van der Waals surface area (Å²) in [4.78, 5) is 36.5. The van der Waals surface area contributed by atoms with E-state index in [9.17, 15) is 19.7 Å². The lowest BCUT2D eigenvalue weighted by Crippen LogP contribution is -2.42. The van der Waals surface area contributed by atoms with E-state index in [1.165, 1.54) is 30.3 Å². The van der Waals surface area contributed by atoms with Crippen molar-refractivity contribution >= 4 is 17.6 Å². The SMILES string of the molecule is C[C@@H](OC(=O)c1ccc(-c2ccc([N+](=O)[O-])cc2)o1)C(=O)N1CCCCC1. The highest BCUT2D eigenvalue weighted by Gasteiger charge is 2.26. The average molecular weight is 372 g/mol. The number of hydrogen-bond acceptors (Lipinski definition) is 6. The van der Waals surface area contributed by atoms with Crippen LogP contribution in [0.2, 0.25) is 0 Å². The summed E-state index contributed by atoms with van der Waals surface area (Å²) in [6, 6.07) is 8.82. The predicted molar refractivity (Wildman–Crippen MR) is 96.1 cm³/mol. The van der Waals surface area contributed by atoms with Crippen molar-refractivity contribution in [3.8, 4) is 11.3 Å². The maximum absolute atomic E-state index is 12.3. The smallest absolute Gasteiger partial charge is 0.375 e. The number of benzene rings is 1. The van der Waals surface area contributed by atoms with Crippen LogP contribution in [-0.2, 0) is 9.53 Å². The first-order chi connectivity index (χ1) is 13.0. The molecule has 0 aliphatic carbocycles. The fourth-order valence-corrected chi connectivity index (χ4v) is 2.99. The standard InChI is InChI=1S/C19H20N2O6/c1-13(18(22)20-11-3-2-4-12-20)26-19(23)17-10-9-16(27-17)14-5-7-15(8-6-14)21(24)25/h5-10,13H,2-4,11-12H2,1H3/t13-/m1/s1. The van der Waals surface area contributed by atoms with Gasteiger partial charge >= 0.3 is 5.97 Å². The van der Waals surface area contributed by atoms with E-state index >= 15 is 0 Å². The van der Waals surface area contributed by atoms with Crippen molar-refractivity contribution < 1.29 is 23.7 Å². The van der Waals surface area contributed by atoms with E-state index in [0.29, 0.717) is 24.4 Å². The number of esters is 1. The van der Waals surface area contributed by atoms with Crippen molar-refractivity contribution in [3.05, 3.63) is 52.3 Å². The Bertz CT molecular complexity index is 836. The number of amides is 1. The summed E-state index contributed by atoms with van der Waals surface area (Å²) in [6.45, 7) is 2.92. The Balaban J connectivity index is 1.64. The highest BCUT2D eigenvalue weighted by molar-refractivity contribution is 5.90. The Kier molecular flexibility index (Phi) is 5.54. The summed E-state index contributed by atoms with van der Waals surface area (Å²) >= 11 is 0. The summed E-state index contributed by atoms with van der Waals surface area (Å²) in [5.74, 6) is -0.570. The van der Waals surface area contributed by atoms with Gasteiger partial charge in [0.05, 0.1) is 4.92 Å². The third kappa shape index (κ3) is 4.33. The molecule has 1 aliphatic rings. The van der Waals surface area contributed by atoms with Crippen LogP contribution in [0, 0.1) is 10.1 Å². The molecular weight excluding hydrogens is 352 g/mol. The lowest BCUT2D eigenvalue weighted by Gasteiger charge is -2.28. The van der Waals surface area contributed by atoms with Gasteiger partial charge < -0.3 is 14.1 Å². The van der Waals surface area contributed by atoms with Crippen LogP contribution >= 0.6 is 0 Å². The number of ether oxygens (including phenoxy) is 1. The summed E-state index contributed by atoms with van der Waals surface area (Å²) in [7, 11) is 0. The normalized spacial score (nSPS) is 15.2. The van der Waals surface area contributed by atoms with Crippen molar-refractivity contribution in [2.45, 2.75) is 32.3 Å². The average Bonchev–Trinajstić information content (AvgIpc) is 3.18. The zero-order valence-corrected chi connectivity index (χ0v) is 14.9. The number of hydrogen-bond donors (Lipinski definition) is 0.